The number of methoxy groups -OCH3 is 1. The zero-order valence-electron chi connectivity index (χ0n) is 24.3. The van der Waals surface area contributed by atoms with Crippen LogP contribution in [0, 0.1) is 11.8 Å². The number of hydrogen-bond acceptors (Lipinski definition) is 11. The molecule has 3 aliphatic carbocycles. The molecule has 1 fully saturated rings. The Hall–Kier alpha value is -4.68. The van der Waals surface area contributed by atoms with E-state index in [9.17, 15) is 39.6 Å². The average Bonchev–Trinajstić information content (AvgIpc) is 2.94. The number of nitrogens with zero attached hydrogens (tertiary/aromatic N) is 2. The number of amides is 1. The predicted molar refractivity (Wildman–Crippen MR) is 155 cm³/mol. The van der Waals surface area contributed by atoms with Crippen LogP contribution in [0.25, 0.3) is 16.9 Å². The van der Waals surface area contributed by atoms with Gasteiger partial charge in [-0.1, -0.05) is 12.1 Å². The van der Waals surface area contributed by atoms with Gasteiger partial charge in [-0.15, -0.1) is 0 Å². The number of benzene rings is 2. The first-order chi connectivity index (χ1) is 20.2. The lowest BCUT2D eigenvalue weighted by molar-refractivity contribution is -0.153. The van der Waals surface area contributed by atoms with Gasteiger partial charge >= 0.3 is 5.97 Å². The summed E-state index contributed by atoms with van der Waals surface area (Å²) in [4.78, 5) is 54.8. The molecule has 0 radical (unpaired) electrons. The molecule has 1 amide bonds. The minimum Gasteiger partial charge on any atom is -0.508 e. The highest BCUT2D eigenvalue weighted by Crippen LogP contribution is 2.54. The number of anilines is 1. The van der Waals surface area contributed by atoms with Gasteiger partial charge in [0.05, 0.1) is 24.3 Å². The molecule has 2 aromatic carbocycles. The van der Waals surface area contributed by atoms with Crippen molar-refractivity contribution in [2.45, 2.75) is 24.5 Å². The number of fused-ring (bicyclic) bond motifs is 3. The van der Waals surface area contributed by atoms with E-state index in [-0.39, 0.29) is 29.7 Å². The molecular weight excluding hydrogens is 558 g/mol. The molecule has 0 spiro atoms. The van der Waals surface area contributed by atoms with Gasteiger partial charge in [0.25, 0.3) is 5.91 Å². The Kier molecular flexibility index (Phi) is 7.10. The van der Waals surface area contributed by atoms with Gasteiger partial charge in [0.2, 0.25) is 5.78 Å². The molecule has 12 heteroatoms. The third-order valence-electron chi connectivity index (χ3n) is 8.80. The summed E-state index contributed by atoms with van der Waals surface area (Å²) < 4.78 is 4.75. The molecule has 0 heterocycles. The lowest BCUT2D eigenvalue weighted by atomic mass is 9.57. The fourth-order valence-electron chi connectivity index (χ4n) is 6.81. The lowest BCUT2D eigenvalue weighted by Crippen LogP contribution is -2.65. The molecule has 6 N–H and O–H groups in total. The van der Waals surface area contributed by atoms with Gasteiger partial charge in [-0.05, 0) is 62.2 Å². The summed E-state index contributed by atoms with van der Waals surface area (Å²) in [5, 5.41) is 46.1. The maximum Gasteiger partial charge on any atom is 0.337 e. The van der Waals surface area contributed by atoms with Crippen molar-refractivity contribution >= 4 is 34.9 Å². The van der Waals surface area contributed by atoms with Crippen molar-refractivity contribution in [3.63, 3.8) is 0 Å². The number of ketones is 2. The van der Waals surface area contributed by atoms with Gasteiger partial charge < -0.3 is 35.8 Å². The highest BCUT2D eigenvalue weighted by atomic mass is 16.5. The van der Waals surface area contributed by atoms with Crippen molar-refractivity contribution in [2.75, 3.05) is 40.2 Å². The topological polar surface area (TPSA) is 191 Å². The largest absolute Gasteiger partial charge is 0.508 e. The van der Waals surface area contributed by atoms with E-state index >= 15 is 0 Å². The first-order valence-corrected chi connectivity index (χ1v) is 13.6. The first kappa shape index (κ1) is 29.8. The fourth-order valence-corrected chi connectivity index (χ4v) is 6.81. The summed E-state index contributed by atoms with van der Waals surface area (Å²) >= 11 is 0. The van der Waals surface area contributed by atoms with Gasteiger partial charge in [0.15, 0.2) is 11.4 Å². The van der Waals surface area contributed by atoms with E-state index < -0.39 is 64.0 Å². The number of aliphatic hydroxyl groups excluding tert-OH is 2. The summed E-state index contributed by atoms with van der Waals surface area (Å²) in [5.74, 6) is -7.61. The SMILES string of the molecule is COC(=O)c1ccc(-c2cc(N(C)C)c3c(c2O)C(O)=C2C(=O)[C@]4(O)C(O)=C(C(N)=O)C(=O)[C@@H](N(C)C)[C@@H]4C[C@@H]2C3)cc1. The van der Waals surface area contributed by atoms with Gasteiger partial charge in [0.1, 0.15) is 22.8 Å². The summed E-state index contributed by atoms with van der Waals surface area (Å²) in [5.41, 5.74) is 3.85. The monoisotopic (exact) mass is 591 g/mol. The number of esters is 1. The minimum absolute atomic E-state index is 0.00384. The van der Waals surface area contributed by atoms with Crippen molar-refractivity contribution in [3.05, 3.63) is 63.9 Å². The number of phenolic OH excluding ortho intramolecular Hbond substituents is 1. The zero-order valence-corrected chi connectivity index (χ0v) is 24.3. The Morgan fingerprint density at radius 1 is 1.05 bits per heavy atom. The number of aliphatic hydroxyl groups is 3. The normalized spacial score (nSPS) is 24.9. The van der Waals surface area contributed by atoms with Crippen LogP contribution < -0.4 is 10.6 Å². The number of Topliss-reactive ketones (excluding diaryl/α,β-unsaturated/α-hetero) is 2. The molecule has 12 nitrogen and oxygen atoms in total. The van der Waals surface area contributed by atoms with Crippen molar-refractivity contribution in [2.24, 2.45) is 17.6 Å². The van der Waals surface area contributed by atoms with Crippen molar-refractivity contribution in [1.29, 1.82) is 0 Å². The number of carbonyl (C=O) groups excluding carboxylic acids is 4. The molecule has 0 aliphatic heterocycles. The van der Waals surface area contributed by atoms with Gasteiger partial charge in [-0.3, -0.25) is 19.3 Å². The van der Waals surface area contributed by atoms with Gasteiger partial charge in [-0.2, -0.15) is 0 Å². The second kappa shape index (κ2) is 10.2. The first-order valence-electron chi connectivity index (χ1n) is 13.6. The van der Waals surface area contributed by atoms with Crippen LogP contribution in [-0.2, 0) is 25.5 Å². The van der Waals surface area contributed by atoms with Crippen LogP contribution in [0.3, 0.4) is 0 Å². The fraction of sp³-hybridized carbons (Fsp3) is 0.355. The molecule has 2 aromatic rings. The van der Waals surface area contributed by atoms with Crippen LogP contribution in [0.4, 0.5) is 5.69 Å². The van der Waals surface area contributed by atoms with Crippen LogP contribution in [0.5, 0.6) is 5.75 Å². The minimum atomic E-state index is -2.72. The Morgan fingerprint density at radius 2 is 1.67 bits per heavy atom. The van der Waals surface area contributed by atoms with Crippen molar-refractivity contribution in [3.8, 4) is 16.9 Å². The van der Waals surface area contributed by atoms with E-state index in [2.05, 4.69) is 0 Å². The van der Waals surface area contributed by atoms with Gasteiger partial charge in [-0.25, -0.2) is 4.79 Å². The smallest absolute Gasteiger partial charge is 0.337 e. The average molecular weight is 592 g/mol. The zero-order chi connectivity index (χ0) is 31.7. The molecule has 3 aliphatic rings. The molecule has 0 saturated heterocycles. The molecule has 0 unspecified atom stereocenters. The summed E-state index contributed by atoms with van der Waals surface area (Å²) in [6, 6.07) is 6.85. The third kappa shape index (κ3) is 4.20. The van der Waals surface area contributed by atoms with E-state index in [1.165, 1.54) is 24.1 Å². The van der Waals surface area contributed by atoms with Crippen LogP contribution in [0.1, 0.15) is 27.9 Å². The molecule has 1 saturated carbocycles. The van der Waals surface area contributed by atoms with E-state index in [4.69, 9.17) is 10.5 Å². The number of primary amides is 1. The molecular formula is C31H33N3O9. The molecule has 0 aromatic heterocycles. The molecule has 43 heavy (non-hydrogen) atoms. The number of phenols is 1. The number of carbonyl (C=O) groups is 4. The highest BCUT2D eigenvalue weighted by Gasteiger charge is 2.64. The van der Waals surface area contributed by atoms with E-state index in [0.29, 0.717) is 27.9 Å². The summed E-state index contributed by atoms with van der Waals surface area (Å²) in [6.45, 7) is 0. The van der Waals surface area contributed by atoms with Crippen LogP contribution in [0.2, 0.25) is 0 Å². The van der Waals surface area contributed by atoms with E-state index in [1.807, 2.05) is 0 Å². The third-order valence-corrected chi connectivity index (χ3v) is 8.80. The second-order valence-electron chi connectivity index (χ2n) is 11.6. The molecule has 0 bridgehead atoms. The van der Waals surface area contributed by atoms with E-state index in [0.717, 1.165) is 0 Å². The summed E-state index contributed by atoms with van der Waals surface area (Å²) in [7, 11) is 7.94. The second-order valence-corrected chi connectivity index (χ2v) is 11.6. The number of hydrogen-bond donors (Lipinski definition) is 5. The Labute approximate surface area is 247 Å². The maximum atomic E-state index is 14.1. The molecule has 4 atom stereocenters. The van der Waals surface area contributed by atoms with E-state index in [1.54, 1.807) is 51.3 Å². The number of ether oxygens (including phenoxy) is 1. The number of nitrogens with two attached hydrogens (primary N) is 1. The maximum absolute atomic E-state index is 14.1. The van der Waals surface area contributed by atoms with Crippen LogP contribution in [0.15, 0.2) is 47.2 Å². The number of aromatic hydroxyl groups is 1. The standard InChI is InChI=1S/C31H33N3O9/c1-33(2)19-12-16(13-6-8-14(9-7-13)30(41)43-5)24(35)21-17(19)10-15-11-18-23(34(3)4)26(37)22(29(32)40)28(39)31(18,42)27(38)20(15)25(21)36/h6-9,12,15,18,23,35-36,39,42H,10-11H2,1-5H3,(H2,32,40)/t15-,18-,23-,31-/m0/s1. The quantitative estimate of drug-likeness (QED) is 0.250. The van der Waals surface area contributed by atoms with Crippen molar-refractivity contribution in [1.82, 2.24) is 4.90 Å². The van der Waals surface area contributed by atoms with Crippen LogP contribution >= 0.6 is 0 Å². The Balaban J connectivity index is 1.73. The van der Waals surface area contributed by atoms with Gasteiger partial charge in [0, 0.05) is 36.8 Å². The Bertz CT molecular complexity index is 1660. The Morgan fingerprint density at radius 3 is 2.21 bits per heavy atom. The molecule has 226 valence electrons. The van der Waals surface area contributed by atoms with Crippen LogP contribution in [-0.4, -0.2) is 95.7 Å². The predicted octanol–water partition coefficient (Wildman–Crippen LogP) is 1.48. The molecule has 5 rings (SSSR count). The highest BCUT2D eigenvalue weighted by molar-refractivity contribution is 6.24. The lowest BCUT2D eigenvalue weighted by Gasteiger charge is -2.50. The number of likely N-dealkylation sites (N-methyl/N-ethyl adjacent to an activating group) is 1. The van der Waals surface area contributed by atoms with Crippen molar-refractivity contribution < 1.29 is 44.3 Å². The number of rotatable bonds is 5. The summed E-state index contributed by atoms with van der Waals surface area (Å²) in [6.07, 6.45) is 0.160.